The van der Waals surface area contributed by atoms with Crippen molar-refractivity contribution < 1.29 is 9.32 Å². The molecule has 0 saturated heterocycles. The summed E-state index contributed by atoms with van der Waals surface area (Å²) in [7, 11) is 0. The maximum Gasteiger partial charge on any atom is 0.315 e. The summed E-state index contributed by atoms with van der Waals surface area (Å²) in [6, 6.07) is 11.7. The zero-order chi connectivity index (χ0) is 27.6. The molecule has 0 saturated carbocycles. The highest BCUT2D eigenvalue weighted by Crippen LogP contribution is 2.27. The van der Waals surface area contributed by atoms with E-state index in [1.54, 1.807) is 0 Å². The van der Waals surface area contributed by atoms with Gasteiger partial charge in [0.2, 0.25) is 0 Å². The van der Waals surface area contributed by atoms with Crippen molar-refractivity contribution in [2.45, 2.75) is 72.8 Å². The maximum absolute atomic E-state index is 12.7. The second-order valence-electron chi connectivity index (χ2n) is 10.9. The van der Waals surface area contributed by atoms with Gasteiger partial charge in [-0.1, -0.05) is 58.0 Å². The molecule has 198 valence electrons. The van der Waals surface area contributed by atoms with Gasteiger partial charge in [-0.05, 0) is 55.5 Å². The molecule has 0 bridgehead atoms. The van der Waals surface area contributed by atoms with Gasteiger partial charge < -0.3 is 15.2 Å². The van der Waals surface area contributed by atoms with Crippen molar-refractivity contribution in [3.05, 3.63) is 76.8 Å². The van der Waals surface area contributed by atoms with Crippen molar-refractivity contribution in [3.63, 3.8) is 0 Å². The summed E-state index contributed by atoms with van der Waals surface area (Å²) in [5.74, 6) is 1.87. The zero-order valence-corrected chi connectivity index (χ0v) is 23.2. The van der Waals surface area contributed by atoms with Crippen LogP contribution in [0.2, 0.25) is 0 Å². The van der Waals surface area contributed by atoms with Crippen molar-refractivity contribution >= 4 is 17.5 Å². The first kappa shape index (κ1) is 26.9. The second kappa shape index (κ2) is 10.7. The SMILES string of the molecule is Cc1cc(-c2cc(Nc3ccc(C(C)C)c(C)n3)ncn2)ccc1[C@@H](C)NC(=O)c1nc(C(C)(C)C)no1. The quantitative estimate of drug-likeness (QED) is 0.300. The Hall–Kier alpha value is -4.14. The minimum atomic E-state index is -0.402. The molecule has 0 unspecified atom stereocenters. The molecule has 4 aromatic rings. The fourth-order valence-electron chi connectivity index (χ4n) is 4.24. The highest BCUT2D eigenvalue weighted by Gasteiger charge is 2.25. The normalized spacial score (nSPS) is 12.4. The molecule has 1 aromatic carbocycles. The molecule has 38 heavy (non-hydrogen) atoms. The molecule has 1 atom stereocenters. The van der Waals surface area contributed by atoms with Crippen LogP contribution in [0.1, 0.15) is 92.4 Å². The highest BCUT2D eigenvalue weighted by atomic mass is 16.5. The number of pyridine rings is 1. The van der Waals surface area contributed by atoms with E-state index in [1.807, 2.05) is 71.9 Å². The molecule has 0 aliphatic rings. The lowest BCUT2D eigenvalue weighted by molar-refractivity contribution is 0.0895. The van der Waals surface area contributed by atoms with Crippen LogP contribution in [0, 0.1) is 13.8 Å². The van der Waals surface area contributed by atoms with Gasteiger partial charge in [-0.3, -0.25) is 4.79 Å². The van der Waals surface area contributed by atoms with E-state index in [1.165, 1.54) is 11.9 Å². The third-order valence-corrected chi connectivity index (χ3v) is 6.34. The number of carbonyl (C=O) groups excluding carboxylic acids is 1. The van der Waals surface area contributed by atoms with Gasteiger partial charge in [0.25, 0.3) is 0 Å². The van der Waals surface area contributed by atoms with E-state index in [4.69, 9.17) is 4.52 Å². The number of hydrogen-bond acceptors (Lipinski definition) is 8. The Bertz CT molecular complexity index is 1450. The Morgan fingerprint density at radius 2 is 1.66 bits per heavy atom. The molecule has 2 N–H and O–H groups in total. The molecule has 9 heteroatoms. The van der Waals surface area contributed by atoms with Crippen LogP contribution in [0.15, 0.2) is 47.2 Å². The van der Waals surface area contributed by atoms with Crippen LogP contribution in [-0.2, 0) is 5.41 Å². The van der Waals surface area contributed by atoms with Gasteiger partial charge in [0.05, 0.1) is 11.7 Å². The summed E-state index contributed by atoms with van der Waals surface area (Å²) in [6.45, 7) is 16.2. The fourth-order valence-corrected chi connectivity index (χ4v) is 4.24. The average Bonchev–Trinajstić information content (AvgIpc) is 3.35. The molecule has 0 radical (unpaired) electrons. The summed E-state index contributed by atoms with van der Waals surface area (Å²) in [4.78, 5) is 30.4. The van der Waals surface area contributed by atoms with Gasteiger partial charge >= 0.3 is 11.8 Å². The molecule has 0 fully saturated rings. The number of anilines is 2. The molecule has 3 heterocycles. The van der Waals surface area contributed by atoms with Crippen molar-refractivity contribution in [1.29, 1.82) is 0 Å². The van der Waals surface area contributed by atoms with Crippen LogP contribution >= 0.6 is 0 Å². The van der Waals surface area contributed by atoms with Crippen LogP contribution in [0.5, 0.6) is 0 Å². The first-order chi connectivity index (χ1) is 17.9. The molecule has 0 aliphatic carbocycles. The number of amides is 1. The second-order valence-corrected chi connectivity index (χ2v) is 10.9. The van der Waals surface area contributed by atoms with E-state index >= 15 is 0 Å². The molecular weight excluding hydrogens is 478 g/mol. The van der Waals surface area contributed by atoms with Gasteiger partial charge in [-0.25, -0.2) is 15.0 Å². The standard InChI is InChI=1S/C29H35N7O2/c1-16(2)21-11-12-24(32-18(21)4)34-25-14-23(30-15-31-25)20-9-10-22(17(3)13-20)19(5)33-26(37)27-35-28(36-38-27)29(6,7)8/h9-16,19H,1-8H3,(H,33,37)(H,30,31,32,34)/t19-/m1/s1. The first-order valence-corrected chi connectivity index (χ1v) is 12.7. The number of benzene rings is 1. The van der Waals surface area contributed by atoms with E-state index in [9.17, 15) is 4.79 Å². The Kier molecular flexibility index (Phi) is 7.57. The summed E-state index contributed by atoms with van der Waals surface area (Å²) >= 11 is 0. The highest BCUT2D eigenvalue weighted by molar-refractivity contribution is 5.89. The topological polar surface area (TPSA) is 119 Å². The van der Waals surface area contributed by atoms with Crippen molar-refractivity contribution in [1.82, 2.24) is 30.4 Å². The van der Waals surface area contributed by atoms with Crippen molar-refractivity contribution in [2.75, 3.05) is 5.32 Å². The number of hydrogen-bond donors (Lipinski definition) is 2. The van der Waals surface area contributed by atoms with E-state index in [0.29, 0.717) is 17.6 Å². The van der Waals surface area contributed by atoms with Crippen molar-refractivity contribution in [2.24, 2.45) is 0 Å². The van der Waals surface area contributed by atoms with Gasteiger partial charge in [0, 0.05) is 22.7 Å². The number of nitrogens with one attached hydrogen (secondary N) is 2. The third kappa shape index (κ3) is 6.04. The van der Waals surface area contributed by atoms with E-state index in [2.05, 4.69) is 55.6 Å². The van der Waals surface area contributed by atoms with Gasteiger partial charge in [-0.15, -0.1) is 0 Å². The number of carbonyl (C=O) groups is 1. The lowest BCUT2D eigenvalue weighted by Gasteiger charge is -2.17. The van der Waals surface area contributed by atoms with Gasteiger partial charge in [0.15, 0.2) is 5.82 Å². The zero-order valence-electron chi connectivity index (χ0n) is 23.2. The summed E-state index contributed by atoms with van der Waals surface area (Å²) in [6.07, 6.45) is 1.54. The molecule has 4 rings (SSSR count). The molecule has 3 aromatic heterocycles. The average molecular weight is 514 g/mol. The van der Waals surface area contributed by atoms with Gasteiger partial charge in [-0.2, -0.15) is 4.98 Å². The minimum Gasteiger partial charge on any atom is -0.341 e. The van der Waals surface area contributed by atoms with Crippen LogP contribution in [0.4, 0.5) is 11.6 Å². The summed E-state index contributed by atoms with van der Waals surface area (Å²) < 4.78 is 5.18. The van der Waals surface area contributed by atoms with Crippen LogP contribution in [0.25, 0.3) is 11.3 Å². The number of aromatic nitrogens is 5. The Balaban J connectivity index is 1.48. The van der Waals surface area contributed by atoms with Crippen LogP contribution < -0.4 is 10.6 Å². The third-order valence-electron chi connectivity index (χ3n) is 6.34. The molecule has 0 aliphatic heterocycles. The number of rotatable bonds is 7. The smallest absolute Gasteiger partial charge is 0.315 e. The Morgan fingerprint density at radius 1 is 0.921 bits per heavy atom. The first-order valence-electron chi connectivity index (χ1n) is 12.7. The Labute approximate surface area is 223 Å². The predicted molar refractivity (Wildman–Crippen MR) is 147 cm³/mol. The van der Waals surface area contributed by atoms with Crippen LogP contribution in [0.3, 0.4) is 0 Å². The molecule has 0 spiro atoms. The summed E-state index contributed by atoms with van der Waals surface area (Å²) in [5, 5.41) is 10.2. The molecular formula is C29H35N7O2. The lowest BCUT2D eigenvalue weighted by Crippen LogP contribution is -2.27. The van der Waals surface area contributed by atoms with E-state index < -0.39 is 5.91 Å². The Morgan fingerprint density at radius 3 is 2.29 bits per heavy atom. The lowest BCUT2D eigenvalue weighted by atomic mass is 9.96. The number of nitrogens with zero attached hydrogens (tertiary/aromatic N) is 5. The molecule has 9 nitrogen and oxygen atoms in total. The maximum atomic E-state index is 12.7. The largest absolute Gasteiger partial charge is 0.341 e. The van der Waals surface area contributed by atoms with E-state index in [0.717, 1.165) is 33.9 Å². The predicted octanol–water partition coefficient (Wildman–Crippen LogP) is 6.19. The number of aryl methyl sites for hydroxylation is 2. The monoisotopic (exact) mass is 513 g/mol. The van der Waals surface area contributed by atoms with Crippen LogP contribution in [-0.4, -0.2) is 31.0 Å². The van der Waals surface area contributed by atoms with Crippen molar-refractivity contribution in [3.8, 4) is 11.3 Å². The fraction of sp³-hybridized carbons (Fsp3) is 0.379. The molecule has 1 amide bonds. The van der Waals surface area contributed by atoms with E-state index in [-0.39, 0.29) is 17.3 Å². The van der Waals surface area contributed by atoms with Gasteiger partial charge in [0.1, 0.15) is 18.0 Å². The minimum absolute atomic E-state index is 0.0411. The summed E-state index contributed by atoms with van der Waals surface area (Å²) in [5.41, 5.74) is 5.66.